The number of aryl methyl sites for hydroxylation is 2. The average Bonchev–Trinajstić information content (AvgIpc) is 2.94. The Morgan fingerprint density at radius 2 is 1.96 bits per heavy atom. The van der Waals surface area contributed by atoms with Crippen LogP contribution in [0.4, 0.5) is 5.69 Å². The molecule has 0 aliphatic carbocycles. The average molecular weight is 337 g/mol. The highest BCUT2D eigenvalue weighted by Crippen LogP contribution is 2.24. The zero-order valence-corrected chi connectivity index (χ0v) is 14.3. The summed E-state index contributed by atoms with van der Waals surface area (Å²) >= 11 is 0. The van der Waals surface area contributed by atoms with Crippen LogP contribution >= 0.6 is 0 Å². The maximum Gasteiger partial charge on any atom is 0.259 e. The van der Waals surface area contributed by atoms with Gasteiger partial charge >= 0.3 is 0 Å². The molecule has 3 aromatic rings. The fraction of sp³-hybridized carbons (Fsp3) is 0.158. The van der Waals surface area contributed by atoms with Crippen molar-refractivity contribution < 1.29 is 14.6 Å². The Kier molecular flexibility index (Phi) is 4.43. The van der Waals surface area contributed by atoms with E-state index in [1.165, 1.54) is 19.2 Å². The number of aromatic nitrogens is 2. The van der Waals surface area contributed by atoms with Crippen LogP contribution in [0.1, 0.15) is 21.7 Å². The van der Waals surface area contributed by atoms with Gasteiger partial charge in [-0.2, -0.15) is 5.10 Å². The van der Waals surface area contributed by atoms with E-state index in [1.807, 2.05) is 42.8 Å². The molecule has 0 fully saturated rings. The molecule has 6 heteroatoms. The molecule has 128 valence electrons. The van der Waals surface area contributed by atoms with Gasteiger partial charge in [0.25, 0.3) is 5.91 Å². The van der Waals surface area contributed by atoms with Crippen molar-refractivity contribution in [1.82, 2.24) is 9.78 Å². The Bertz CT molecular complexity index is 931. The molecule has 0 spiro atoms. The molecular weight excluding hydrogens is 318 g/mol. The van der Waals surface area contributed by atoms with E-state index in [2.05, 4.69) is 10.4 Å². The number of hydrogen-bond acceptors (Lipinski definition) is 4. The minimum Gasteiger partial charge on any atom is -0.507 e. The van der Waals surface area contributed by atoms with Gasteiger partial charge in [-0.3, -0.25) is 4.79 Å². The van der Waals surface area contributed by atoms with Crippen molar-refractivity contribution in [3.8, 4) is 17.2 Å². The number of aromatic hydroxyl groups is 1. The van der Waals surface area contributed by atoms with Gasteiger partial charge in [-0.15, -0.1) is 0 Å². The van der Waals surface area contributed by atoms with E-state index < -0.39 is 5.91 Å². The third-order valence-corrected chi connectivity index (χ3v) is 3.81. The van der Waals surface area contributed by atoms with Crippen LogP contribution in [0, 0.1) is 13.8 Å². The predicted octanol–water partition coefficient (Wildman–Crippen LogP) is 3.46. The molecule has 0 radical (unpaired) electrons. The largest absolute Gasteiger partial charge is 0.507 e. The Hall–Kier alpha value is -3.28. The number of phenols is 1. The SMILES string of the molecule is COc1ccc(O)c(C(=O)Nc2cccc(-n3nc(C)cc3C)c2)c1. The zero-order chi connectivity index (χ0) is 18.0. The summed E-state index contributed by atoms with van der Waals surface area (Å²) in [4.78, 5) is 12.5. The fourth-order valence-electron chi connectivity index (χ4n) is 2.63. The predicted molar refractivity (Wildman–Crippen MR) is 95.7 cm³/mol. The van der Waals surface area contributed by atoms with Crippen LogP contribution in [-0.2, 0) is 0 Å². The first kappa shape index (κ1) is 16.6. The lowest BCUT2D eigenvalue weighted by Gasteiger charge is -2.10. The minimum absolute atomic E-state index is 0.104. The van der Waals surface area contributed by atoms with Crippen molar-refractivity contribution >= 4 is 11.6 Å². The van der Waals surface area contributed by atoms with Crippen molar-refractivity contribution in [3.63, 3.8) is 0 Å². The van der Waals surface area contributed by atoms with Gasteiger partial charge in [0.1, 0.15) is 11.5 Å². The molecule has 0 saturated carbocycles. The first-order valence-electron chi connectivity index (χ1n) is 7.80. The van der Waals surface area contributed by atoms with E-state index in [0.717, 1.165) is 17.1 Å². The van der Waals surface area contributed by atoms with Gasteiger partial charge in [-0.25, -0.2) is 4.68 Å². The molecule has 2 N–H and O–H groups in total. The lowest BCUT2D eigenvalue weighted by Crippen LogP contribution is -2.12. The standard InChI is InChI=1S/C19H19N3O3/c1-12-9-13(2)22(21-12)15-6-4-5-14(10-15)20-19(24)17-11-16(25-3)7-8-18(17)23/h4-11,23H,1-3H3,(H,20,24). The van der Waals surface area contributed by atoms with Gasteiger partial charge in [0.15, 0.2) is 0 Å². The van der Waals surface area contributed by atoms with Crippen molar-refractivity contribution in [2.45, 2.75) is 13.8 Å². The maximum atomic E-state index is 12.5. The molecule has 25 heavy (non-hydrogen) atoms. The van der Waals surface area contributed by atoms with Gasteiger partial charge in [-0.1, -0.05) is 6.07 Å². The molecule has 2 aromatic carbocycles. The number of rotatable bonds is 4. The van der Waals surface area contributed by atoms with Gasteiger partial charge in [0.2, 0.25) is 0 Å². The molecular formula is C19H19N3O3. The second-order valence-corrected chi connectivity index (χ2v) is 5.73. The second-order valence-electron chi connectivity index (χ2n) is 5.73. The number of phenolic OH excluding ortho intramolecular Hbond substituents is 1. The quantitative estimate of drug-likeness (QED) is 0.764. The Morgan fingerprint density at radius 3 is 2.64 bits per heavy atom. The van der Waals surface area contributed by atoms with Crippen molar-refractivity contribution in [3.05, 3.63) is 65.5 Å². The highest BCUT2D eigenvalue weighted by atomic mass is 16.5. The highest BCUT2D eigenvalue weighted by Gasteiger charge is 2.13. The molecule has 0 bridgehead atoms. The summed E-state index contributed by atoms with van der Waals surface area (Å²) in [6, 6.07) is 13.9. The monoisotopic (exact) mass is 337 g/mol. The molecule has 1 aromatic heterocycles. The first-order chi connectivity index (χ1) is 12.0. The third-order valence-electron chi connectivity index (χ3n) is 3.81. The van der Waals surface area contributed by atoms with Gasteiger partial charge < -0.3 is 15.2 Å². The zero-order valence-electron chi connectivity index (χ0n) is 14.3. The molecule has 3 rings (SSSR count). The van der Waals surface area contributed by atoms with E-state index >= 15 is 0 Å². The van der Waals surface area contributed by atoms with Crippen LogP contribution in [-0.4, -0.2) is 27.9 Å². The Morgan fingerprint density at radius 1 is 1.16 bits per heavy atom. The van der Waals surface area contributed by atoms with Gasteiger partial charge in [0.05, 0.1) is 24.1 Å². The third kappa shape index (κ3) is 3.47. The highest BCUT2D eigenvalue weighted by molar-refractivity contribution is 6.06. The van der Waals surface area contributed by atoms with E-state index in [4.69, 9.17) is 4.74 Å². The number of carbonyl (C=O) groups is 1. The molecule has 0 unspecified atom stereocenters. The Balaban J connectivity index is 1.87. The summed E-state index contributed by atoms with van der Waals surface area (Å²) in [6.45, 7) is 3.90. The molecule has 0 aliphatic rings. The normalized spacial score (nSPS) is 10.5. The fourth-order valence-corrected chi connectivity index (χ4v) is 2.63. The van der Waals surface area contributed by atoms with Crippen molar-refractivity contribution in [2.24, 2.45) is 0 Å². The van der Waals surface area contributed by atoms with Crippen LogP contribution in [0.25, 0.3) is 5.69 Å². The number of amides is 1. The van der Waals surface area contributed by atoms with Crippen molar-refractivity contribution in [1.29, 1.82) is 0 Å². The summed E-state index contributed by atoms with van der Waals surface area (Å²) in [7, 11) is 1.51. The summed E-state index contributed by atoms with van der Waals surface area (Å²) in [5.41, 5.74) is 3.53. The van der Waals surface area contributed by atoms with Gasteiger partial charge in [-0.05, 0) is 56.3 Å². The molecule has 6 nitrogen and oxygen atoms in total. The molecule has 1 amide bonds. The van der Waals surface area contributed by atoms with Crippen molar-refractivity contribution in [2.75, 3.05) is 12.4 Å². The van der Waals surface area contributed by atoms with Crippen LogP contribution in [0.15, 0.2) is 48.5 Å². The van der Waals surface area contributed by atoms with E-state index in [0.29, 0.717) is 11.4 Å². The number of ether oxygens (including phenoxy) is 1. The lowest BCUT2D eigenvalue weighted by molar-refractivity contribution is 0.102. The molecule has 1 heterocycles. The summed E-state index contributed by atoms with van der Waals surface area (Å²) in [5.74, 6) is -0.0192. The molecule has 0 aliphatic heterocycles. The molecule has 0 atom stereocenters. The van der Waals surface area contributed by atoms with Crippen LogP contribution < -0.4 is 10.1 Å². The number of methoxy groups -OCH3 is 1. The summed E-state index contributed by atoms with van der Waals surface area (Å²) in [5, 5.41) is 17.2. The number of nitrogens with one attached hydrogen (secondary N) is 1. The topological polar surface area (TPSA) is 76.4 Å². The summed E-state index contributed by atoms with van der Waals surface area (Å²) in [6.07, 6.45) is 0. The second kappa shape index (κ2) is 6.68. The number of carbonyl (C=O) groups excluding carboxylic acids is 1. The number of nitrogens with zero attached hydrogens (tertiary/aromatic N) is 2. The van der Waals surface area contributed by atoms with Crippen LogP contribution in [0.3, 0.4) is 0 Å². The number of hydrogen-bond donors (Lipinski definition) is 2. The van der Waals surface area contributed by atoms with E-state index in [-0.39, 0.29) is 11.3 Å². The van der Waals surface area contributed by atoms with Gasteiger partial charge in [0, 0.05) is 11.4 Å². The number of anilines is 1. The molecule has 0 saturated heterocycles. The minimum atomic E-state index is -0.415. The van der Waals surface area contributed by atoms with Crippen LogP contribution in [0.5, 0.6) is 11.5 Å². The number of benzene rings is 2. The maximum absolute atomic E-state index is 12.5. The lowest BCUT2D eigenvalue weighted by atomic mass is 10.1. The Labute approximate surface area is 145 Å². The van der Waals surface area contributed by atoms with E-state index in [9.17, 15) is 9.90 Å². The first-order valence-corrected chi connectivity index (χ1v) is 7.80. The van der Waals surface area contributed by atoms with Crippen LogP contribution in [0.2, 0.25) is 0 Å². The smallest absolute Gasteiger partial charge is 0.259 e. The summed E-state index contributed by atoms with van der Waals surface area (Å²) < 4.78 is 6.91. The van der Waals surface area contributed by atoms with E-state index in [1.54, 1.807) is 12.1 Å².